The number of phenols is 1. The summed E-state index contributed by atoms with van der Waals surface area (Å²) in [5.74, 6) is 1.49. The van der Waals surface area contributed by atoms with E-state index >= 15 is 0 Å². The van der Waals surface area contributed by atoms with Gasteiger partial charge in [0, 0.05) is 12.5 Å². The quantitative estimate of drug-likeness (QED) is 0.895. The van der Waals surface area contributed by atoms with Crippen molar-refractivity contribution in [1.82, 2.24) is 4.90 Å². The molecule has 0 heterocycles. The molecule has 2 saturated carbocycles. The highest BCUT2D eigenvalue weighted by Crippen LogP contribution is 2.55. The van der Waals surface area contributed by atoms with Crippen molar-refractivity contribution < 1.29 is 10.2 Å². The van der Waals surface area contributed by atoms with Crippen LogP contribution >= 0.6 is 12.4 Å². The predicted molar refractivity (Wildman–Crippen MR) is 91.4 cm³/mol. The lowest BCUT2D eigenvalue weighted by Gasteiger charge is -2.49. The Morgan fingerprint density at radius 2 is 1.95 bits per heavy atom. The zero-order valence-electron chi connectivity index (χ0n) is 13.5. The highest BCUT2D eigenvalue weighted by Gasteiger charge is 2.52. The molecule has 22 heavy (non-hydrogen) atoms. The summed E-state index contributed by atoms with van der Waals surface area (Å²) in [6.45, 7) is 0.898. The van der Waals surface area contributed by atoms with E-state index in [1.54, 1.807) is 12.1 Å². The maximum Gasteiger partial charge on any atom is 0.115 e. The molecule has 2 aliphatic carbocycles. The van der Waals surface area contributed by atoms with E-state index in [0.29, 0.717) is 11.8 Å². The molecular weight excluding hydrogens is 298 g/mol. The zero-order chi connectivity index (χ0) is 15.0. The molecule has 3 nitrogen and oxygen atoms in total. The fraction of sp³-hybridized carbons (Fsp3) is 0.667. The van der Waals surface area contributed by atoms with Gasteiger partial charge in [0.05, 0.1) is 5.60 Å². The van der Waals surface area contributed by atoms with Crippen LogP contribution in [0.4, 0.5) is 0 Å². The largest absolute Gasteiger partial charge is 0.508 e. The monoisotopic (exact) mass is 325 g/mol. The van der Waals surface area contributed by atoms with Crippen molar-refractivity contribution in [1.29, 1.82) is 0 Å². The number of hydrogen-bond donors (Lipinski definition) is 2. The van der Waals surface area contributed by atoms with Crippen molar-refractivity contribution in [3.8, 4) is 5.75 Å². The molecule has 0 bridgehead atoms. The third-order valence-corrected chi connectivity index (χ3v) is 5.63. The van der Waals surface area contributed by atoms with E-state index in [1.807, 2.05) is 12.1 Å². The third-order valence-electron chi connectivity index (χ3n) is 5.63. The van der Waals surface area contributed by atoms with Gasteiger partial charge in [-0.3, -0.25) is 0 Å². The Bertz CT molecular complexity index is 508. The number of phenolic OH excluding ortho intramolecular Hbond substituents is 1. The summed E-state index contributed by atoms with van der Waals surface area (Å²) in [5, 5.41) is 21.6. The van der Waals surface area contributed by atoms with E-state index in [-0.39, 0.29) is 24.1 Å². The van der Waals surface area contributed by atoms with E-state index in [1.165, 1.54) is 19.3 Å². The van der Waals surface area contributed by atoms with Crippen LogP contribution < -0.4 is 0 Å². The van der Waals surface area contributed by atoms with Crippen LogP contribution in [-0.4, -0.2) is 35.8 Å². The number of benzene rings is 1. The van der Waals surface area contributed by atoms with Crippen LogP contribution in [0.5, 0.6) is 5.75 Å². The van der Waals surface area contributed by atoms with Gasteiger partial charge in [-0.2, -0.15) is 0 Å². The molecular formula is C18H28ClNO2. The van der Waals surface area contributed by atoms with Gasteiger partial charge in [0.1, 0.15) is 5.75 Å². The first-order chi connectivity index (χ1) is 10.0. The standard InChI is InChI=1S/C18H27NO2.ClH/c1-19(2)12-15-10-9-13-5-3-8-17(13)18(15,21)14-6-4-7-16(20)11-14;/h4,6-7,11,13,15,17,20-21H,3,5,8-10,12H2,1-2H3;1H. The third kappa shape index (κ3) is 2.99. The molecule has 124 valence electrons. The highest BCUT2D eigenvalue weighted by atomic mass is 35.5. The molecule has 0 aromatic heterocycles. The van der Waals surface area contributed by atoms with Crippen molar-refractivity contribution in [3.63, 3.8) is 0 Å². The SMILES string of the molecule is CN(C)CC1CCC2CCCC2C1(O)c1cccc(O)c1.Cl. The Kier molecular flexibility index (Phi) is 5.41. The van der Waals surface area contributed by atoms with Gasteiger partial charge in [-0.05, 0) is 62.9 Å². The Balaban J connectivity index is 0.00000176. The average molecular weight is 326 g/mol. The first-order valence-electron chi connectivity index (χ1n) is 8.18. The van der Waals surface area contributed by atoms with Gasteiger partial charge >= 0.3 is 0 Å². The molecule has 2 aliphatic rings. The Morgan fingerprint density at radius 3 is 2.64 bits per heavy atom. The van der Waals surface area contributed by atoms with Gasteiger partial charge in [-0.1, -0.05) is 25.0 Å². The van der Waals surface area contributed by atoms with Crippen molar-refractivity contribution in [3.05, 3.63) is 29.8 Å². The lowest BCUT2D eigenvalue weighted by atomic mass is 9.61. The van der Waals surface area contributed by atoms with Gasteiger partial charge < -0.3 is 15.1 Å². The van der Waals surface area contributed by atoms with Crippen molar-refractivity contribution in [2.24, 2.45) is 17.8 Å². The molecule has 1 aromatic rings. The Labute approximate surface area is 139 Å². The fourth-order valence-electron chi connectivity index (χ4n) is 4.78. The zero-order valence-corrected chi connectivity index (χ0v) is 14.4. The predicted octanol–water partition coefficient (Wildman–Crippen LogP) is 3.39. The number of halogens is 1. The van der Waals surface area contributed by atoms with Crippen LogP contribution in [0.25, 0.3) is 0 Å². The molecule has 0 aliphatic heterocycles. The molecule has 0 spiro atoms. The first kappa shape index (κ1) is 17.6. The molecule has 4 unspecified atom stereocenters. The Morgan fingerprint density at radius 1 is 1.18 bits per heavy atom. The van der Waals surface area contributed by atoms with Crippen LogP contribution in [0, 0.1) is 17.8 Å². The highest BCUT2D eigenvalue weighted by molar-refractivity contribution is 5.85. The number of nitrogens with zero attached hydrogens (tertiary/aromatic N) is 1. The summed E-state index contributed by atoms with van der Waals surface area (Å²) in [7, 11) is 4.15. The molecule has 1 aromatic carbocycles. The molecule has 2 N–H and O–H groups in total. The van der Waals surface area contributed by atoms with Gasteiger partial charge in [0.25, 0.3) is 0 Å². The minimum absolute atomic E-state index is 0. The number of aromatic hydroxyl groups is 1. The summed E-state index contributed by atoms with van der Waals surface area (Å²) < 4.78 is 0. The first-order valence-corrected chi connectivity index (χ1v) is 8.18. The normalized spacial score (nSPS) is 34.3. The summed E-state index contributed by atoms with van der Waals surface area (Å²) in [5.41, 5.74) is 0.119. The lowest BCUT2D eigenvalue weighted by Crippen LogP contribution is -2.50. The van der Waals surface area contributed by atoms with Crippen molar-refractivity contribution in [2.75, 3.05) is 20.6 Å². The van der Waals surface area contributed by atoms with E-state index in [9.17, 15) is 10.2 Å². The van der Waals surface area contributed by atoms with Gasteiger partial charge in [0.15, 0.2) is 0 Å². The fourth-order valence-corrected chi connectivity index (χ4v) is 4.78. The van der Waals surface area contributed by atoms with Crippen LogP contribution in [0.2, 0.25) is 0 Å². The number of hydrogen-bond acceptors (Lipinski definition) is 3. The number of rotatable bonds is 3. The maximum atomic E-state index is 11.7. The van der Waals surface area contributed by atoms with Crippen LogP contribution in [0.15, 0.2) is 24.3 Å². The Hall–Kier alpha value is -0.770. The van der Waals surface area contributed by atoms with Crippen LogP contribution in [0.3, 0.4) is 0 Å². The topological polar surface area (TPSA) is 43.7 Å². The van der Waals surface area contributed by atoms with Gasteiger partial charge in [-0.15, -0.1) is 12.4 Å². The minimum atomic E-state index is -0.789. The smallest absolute Gasteiger partial charge is 0.115 e. The molecule has 0 amide bonds. The lowest BCUT2D eigenvalue weighted by molar-refractivity contribution is -0.121. The molecule has 4 atom stereocenters. The second-order valence-corrected chi connectivity index (χ2v) is 7.21. The van der Waals surface area contributed by atoms with E-state index < -0.39 is 5.60 Å². The minimum Gasteiger partial charge on any atom is -0.508 e. The summed E-state index contributed by atoms with van der Waals surface area (Å²) in [4.78, 5) is 2.17. The molecule has 3 rings (SSSR count). The van der Waals surface area contributed by atoms with Crippen molar-refractivity contribution >= 4 is 12.4 Å². The van der Waals surface area contributed by atoms with Gasteiger partial charge in [0.2, 0.25) is 0 Å². The molecule has 2 fully saturated rings. The molecule has 0 radical (unpaired) electrons. The van der Waals surface area contributed by atoms with E-state index in [0.717, 1.165) is 24.9 Å². The molecule has 4 heteroatoms. The average Bonchev–Trinajstić information content (AvgIpc) is 2.91. The van der Waals surface area contributed by atoms with E-state index in [2.05, 4.69) is 19.0 Å². The molecule has 0 saturated heterocycles. The van der Waals surface area contributed by atoms with E-state index in [4.69, 9.17) is 0 Å². The maximum absolute atomic E-state index is 11.7. The van der Waals surface area contributed by atoms with Crippen molar-refractivity contribution in [2.45, 2.75) is 37.7 Å². The summed E-state index contributed by atoms with van der Waals surface area (Å²) in [6.07, 6.45) is 5.90. The number of fused-ring (bicyclic) bond motifs is 1. The second kappa shape index (κ2) is 6.77. The van der Waals surface area contributed by atoms with Gasteiger partial charge in [-0.25, -0.2) is 0 Å². The second-order valence-electron chi connectivity index (χ2n) is 7.21. The van der Waals surface area contributed by atoms with Crippen LogP contribution in [-0.2, 0) is 5.60 Å². The summed E-state index contributed by atoms with van der Waals surface area (Å²) in [6, 6.07) is 7.29. The summed E-state index contributed by atoms with van der Waals surface area (Å²) >= 11 is 0. The van der Waals surface area contributed by atoms with Crippen LogP contribution in [0.1, 0.15) is 37.7 Å². The number of aliphatic hydroxyl groups is 1.